The maximum absolute atomic E-state index is 11.1. The number of nitrogens with one attached hydrogen (secondary N) is 1. The van der Waals surface area contributed by atoms with Gasteiger partial charge in [0.25, 0.3) is 0 Å². The van der Waals surface area contributed by atoms with E-state index in [1.807, 2.05) is 18.2 Å². The van der Waals surface area contributed by atoms with Gasteiger partial charge in [0.05, 0.1) is 6.61 Å². The van der Waals surface area contributed by atoms with Crippen molar-refractivity contribution in [3.05, 3.63) is 35.9 Å². The van der Waals surface area contributed by atoms with Crippen molar-refractivity contribution in [3.63, 3.8) is 0 Å². The number of thiocarbonyl (C=S) groups is 1. The van der Waals surface area contributed by atoms with Crippen LogP contribution in [0, 0.1) is 0 Å². The molecule has 0 spiro atoms. The fraction of sp³-hybridized carbons (Fsp3) is 0.333. The van der Waals surface area contributed by atoms with Gasteiger partial charge in [0.2, 0.25) is 0 Å². The zero-order chi connectivity index (χ0) is 12.5. The maximum Gasteiger partial charge on any atom is 0.374 e. The minimum atomic E-state index is -0.357. The van der Waals surface area contributed by atoms with Crippen molar-refractivity contribution in [2.24, 2.45) is 0 Å². The predicted octanol–water partition coefficient (Wildman–Crippen LogP) is 2.99. The van der Waals surface area contributed by atoms with Crippen LogP contribution >= 0.6 is 24.0 Å². The van der Waals surface area contributed by atoms with Crippen LogP contribution in [0.15, 0.2) is 30.3 Å². The lowest BCUT2D eigenvalue weighted by Crippen LogP contribution is -2.22. The first-order valence-electron chi connectivity index (χ1n) is 5.38. The average Bonchev–Trinajstić information content (AvgIpc) is 2.30. The van der Waals surface area contributed by atoms with E-state index in [0.717, 1.165) is 24.7 Å². The van der Waals surface area contributed by atoms with Gasteiger partial charge in [0, 0.05) is 18.3 Å². The molecule has 1 aromatic carbocycles. The van der Waals surface area contributed by atoms with E-state index in [1.54, 1.807) is 6.92 Å². The number of hydrogen-bond donors (Lipinski definition) is 1. The van der Waals surface area contributed by atoms with Gasteiger partial charge in [-0.3, -0.25) is 0 Å². The zero-order valence-electron chi connectivity index (χ0n) is 9.64. The molecule has 0 heterocycles. The van der Waals surface area contributed by atoms with Crippen molar-refractivity contribution < 1.29 is 9.53 Å². The Balaban J connectivity index is 2.18. The Morgan fingerprint density at radius 2 is 2.12 bits per heavy atom. The molecule has 0 saturated heterocycles. The van der Waals surface area contributed by atoms with Crippen LogP contribution in [0.2, 0.25) is 0 Å². The Kier molecular flexibility index (Phi) is 6.65. The lowest BCUT2D eigenvalue weighted by atomic mass is 10.2. The van der Waals surface area contributed by atoms with Gasteiger partial charge in [-0.05, 0) is 18.9 Å². The van der Waals surface area contributed by atoms with E-state index in [1.165, 1.54) is 5.56 Å². The summed E-state index contributed by atoms with van der Waals surface area (Å²) in [5, 5.41) is 2.66. The minimum Gasteiger partial charge on any atom is -0.458 e. The SMILES string of the molecule is CCOC(=O)SC(=S)NCCc1ccccc1. The van der Waals surface area contributed by atoms with Crippen molar-refractivity contribution in [1.82, 2.24) is 5.32 Å². The van der Waals surface area contributed by atoms with Crippen LogP contribution < -0.4 is 5.32 Å². The number of carbonyl (C=O) groups excluding carboxylic acids is 1. The number of carbonyl (C=O) groups is 1. The van der Waals surface area contributed by atoms with Gasteiger partial charge in [-0.2, -0.15) is 0 Å². The molecule has 0 aliphatic rings. The van der Waals surface area contributed by atoms with Gasteiger partial charge in [0.1, 0.15) is 4.32 Å². The summed E-state index contributed by atoms with van der Waals surface area (Å²) in [6, 6.07) is 10.1. The first-order chi connectivity index (χ1) is 8.22. The second-order valence-corrected chi connectivity index (χ2v) is 4.85. The number of hydrogen-bond acceptors (Lipinski definition) is 4. The van der Waals surface area contributed by atoms with Gasteiger partial charge in [-0.15, -0.1) is 0 Å². The Labute approximate surface area is 111 Å². The molecule has 1 N–H and O–H groups in total. The summed E-state index contributed by atoms with van der Waals surface area (Å²) in [5.41, 5.74) is 1.24. The summed E-state index contributed by atoms with van der Waals surface area (Å²) in [5.74, 6) is 0. The normalized spacial score (nSPS) is 9.71. The second kappa shape index (κ2) is 8.08. The molecule has 0 fully saturated rings. The maximum atomic E-state index is 11.1. The average molecular weight is 269 g/mol. The first kappa shape index (κ1) is 14.0. The molecule has 3 nitrogen and oxygen atoms in total. The molecule has 92 valence electrons. The van der Waals surface area contributed by atoms with Crippen LogP contribution in [0.3, 0.4) is 0 Å². The largest absolute Gasteiger partial charge is 0.458 e. The number of benzene rings is 1. The van der Waals surface area contributed by atoms with Gasteiger partial charge >= 0.3 is 5.30 Å². The van der Waals surface area contributed by atoms with Crippen molar-refractivity contribution >= 4 is 33.6 Å². The van der Waals surface area contributed by atoms with Crippen LogP contribution in [0.4, 0.5) is 4.79 Å². The summed E-state index contributed by atoms with van der Waals surface area (Å²) >= 11 is 5.93. The second-order valence-electron chi connectivity index (χ2n) is 3.23. The topological polar surface area (TPSA) is 38.3 Å². The highest BCUT2D eigenvalue weighted by Gasteiger charge is 2.06. The summed E-state index contributed by atoms with van der Waals surface area (Å²) in [4.78, 5) is 11.1. The van der Waals surface area contributed by atoms with Crippen molar-refractivity contribution in [1.29, 1.82) is 0 Å². The highest BCUT2D eigenvalue weighted by Crippen LogP contribution is 2.06. The van der Waals surface area contributed by atoms with Crippen LogP contribution in [-0.2, 0) is 11.2 Å². The van der Waals surface area contributed by atoms with E-state index in [2.05, 4.69) is 17.4 Å². The highest BCUT2D eigenvalue weighted by atomic mass is 32.2. The molecule has 5 heteroatoms. The summed E-state index contributed by atoms with van der Waals surface area (Å²) in [7, 11) is 0. The highest BCUT2D eigenvalue weighted by molar-refractivity contribution is 8.32. The molecule has 0 saturated carbocycles. The third-order valence-corrected chi connectivity index (χ3v) is 2.97. The number of rotatable bonds is 4. The third-order valence-electron chi connectivity index (χ3n) is 1.96. The van der Waals surface area contributed by atoms with Gasteiger partial charge in [0.15, 0.2) is 0 Å². The quantitative estimate of drug-likeness (QED) is 0.672. The minimum absolute atomic E-state index is 0.357. The molecule has 0 bridgehead atoms. The van der Waals surface area contributed by atoms with Crippen molar-refractivity contribution in [2.75, 3.05) is 13.2 Å². The third kappa shape index (κ3) is 6.28. The summed E-state index contributed by atoms with van der Waals surface area (Å²) in [6.07, 6.45) is 0.879. The molecule has 1 rings (SSSR count). The predicted molar refractivity (Wildman–Crippen MR) is 75.4 cm³/mol. The fourth-order valence-corrected chi connectivity index (χ4v) is 2.02. The molecule has 0 atom stereocenters. The van der Waals surface area contributed by atoms with E-state index in [9.17, 15) is 4.79 Å². The molecule has 1 aromatic rings. The summed E-state index contributed by atoms with van der Waals surface area (Å²) < 4.78 is 5.23. The molecule has 0 amide bonds. The first-order valence-corrected chi connectivity index (χ1v) is 6.61. The molecule has 0 unspecified atom stereocenters. The Bertz CT molecular complexity index is 368. The van der Waals surface area contributed by atoms with E-state index in [0.29, 0.717) is 10.9 Å². The lowest BCUT2D eigenvalue weighted by Gasteiger charge is -2.06. The van der Waals surface area contributed by atoms with E-state index < -0.39 is 0 Å². The standard InChI is InChI=1S/C12H15NO2S2/c1-2-15-12(14)17-11(16)13-9-8-10-6-4-3-5-7-10/h3-7H,2,8-9H2,1H3,(H,13,16). The smallest absolute Gasteiger partial charge is 0.374 e. The zero-order valence-corrected chi connectivity index (χ0v) is 11.3. The van der Waals surface area contributed by atoms with Gasteiger partial charge < -0.3 is 10.1 Å². The van der Waals surface area contributed by atoms with E-state index in [-0.39, 0.29) is 5.30 Å². The molecule has 0 aromatic heterocycles. The lowest BCUT2D eigenvalue weighted by molar-refractivity contribution is 0.182. The number of ether oxygens (including phenoxy) is 1. The van der Waals surface area contributed by atoms with Crippen LogP contribution in [0.25, 0.3) is 0 Å². The number of thioether (sulfide) groups is 1. The van der Waals surface area contributed by atoms with Crippen LogP contribution in [0.1, 0.15) is 12.5 Å². The Hall–Kier alpha value is -1.07. The van der Waals surface area contributed by atoms with Gasteiger partial charge in [-0.25, -0.2) is 4.79 Å². The Morgan fingerprint density at radius 1 is 1.41 bits per heavy atom. The van der Waals surface area contributed by atoms with E-state index in [4.69, 9.17) is 17.0 Å². The van der Waals surface area contributed by atoms with Crippen molar-refractivity contribution in [3.8, 4) is 0 Å². The fourth-order valence-electron chi connectivity index (χ4n) is 1.21. The van der Waals surface area contributed by atoms with E-state index >= 15 is 0 Å². The molecule has 17 heavy (non-hydrogen) atoms. The van der Waals surface area contributed by atoms with Crippen LogP contribution in [-0.4, -0.2) is 22.8 Å². The van der Waals surface area contributed by atoms with Crippen molar-refractivity contribution in [2.45, 2.75) is 13.3 Å². The molecular formula is C12H15NO2S2. The molecular weight excluding hydrogens is 254 g/mol. The summed E-state index contributed by atoms with van der Waals surface area (Å²) in [6.45, 7) is 2.86. The molecule has 0 radical (unpaired) electrons. The van der Waals surface area contributed by atoms with Gasteiger partial charge in [-0.1, -0.05) is 42.5 Å². The Morgan fingerprint density at radius 3 is 2.76 bits per heavy atom. The molecule has 0 aliphatic heterocycles. The monoisotopic (exact) mass is 269 g/mol. The van der Waals surface area contributed by atoms with Crippen LogP contribution in [0.5, 0.6) is 0 Å². The molecule has 0 aliphatic carbocycles.